The number of anilines is 1. The van der Waals surface area contributed by atoms with E-state index >= 15 is 9.59 Å². The molecule has 0 aliphatic carbocycles. The molecule has 4 fully saturated rings. The van der Waals surface area contributed by atoms with Crippen LogP contribution in [0.25, 0.3) is 0 Å². The van der Waals surface area contributed by atoms with E-state index in [4.69, 9.17) is 47.4 Å². The molecule has 4 aliphatic heterocycles. The van der Waals surface area contributed by atoms with E-state index in [9.17, 15) is 9.59 Å². The Bertz CT molecular complexity index is 1550. The van der Waals surface area contributed by atoms with Gasteiger partial charge in [-0.25, -0.2) is 4.79 Å². The zero-order valence-electron chi connectivity index (χ0n) is 34.3. The lowest BCUT2D eigenvalue weighted by molar-refractivity contribution is -0.149. The van der Waals surface area contributed by atoms with Crippen LogP contribution in [0, 0.1) is 10.7 Å². The highest BCUT2D eigenvalue weighted by molar-refractivity contribution is 14.1. The fraction of sp³-hybridized carbons (Fsp3) is 0.737. The molecule has 0 saturated carbocycles. The molecule has 4 heterocycles. The fourth-order valence-corrected chi connectivity index (χ4v) is 11.3. The SMILES string of the molecule is CCOC(=O)COCC(=O)Nc1c(I)c(C(=O)N(CC2COC(C)(C)O2)CC2COC(C)(C)O2)c(I)c(C(=O)N(CC2COC(C)(C)O2)CC2COC(C)(C)O2)c1I. The molecule has 4 saturated heterocycles. The number of halogens is 3. The third kappa shape index (κ3) is 12.8. The summed E-state index contributed by atoms with van der Waals surface area (Å²) < 4.78 is 59.3. The van der Waals surface area contributed by atoms with Crippen LogP contribution in [-0.2, 0) is 57.0 Å². The molecule has 20 heteroatoms. The molecule has 1 aromatic rings. The summed E-state index contributed by atoms with van der Waals surface area (Å²) in [6, 6.07) is 0. The molecule has 1 N–H and O–H groups in total. The monoisotopic (exact) mass is 1160 g/mol. The molecule has 0 radical (unpaired) electrons. The summed E-state index contributed by atoms with van der Waals surface area (Å²) in [6.07, 6.45) is -1.85. The van der Waals surface area contributed by atoms with Gasteiger partial charge in [-0.1, -0.05) is 0 Å². The molecule has 3 amide bonds. The van der Waals surface area contributed by atoms with E-state index in [1.54, 1.807) is 16.7 Å². The first-order chi connectivity index (χ1) is 27.0. The van der Waals surface area contributed by atoms with E-state index in [1.807, 2.05) is 123 Å². The summed E-state index contributed by atoms with van der Waals surface area (Å²) >= 11 is 6.09. The summed E-state index contributed by atoms with van der Waals surface area (Å²) in [4.78, 5) is 58.8. The molecule has 1 aromatic carbocycles. The predicted octanol–water partition coefficient (Wildman–Crippen LogP) is 4.51. The molecular weight excluding hydrogens is 1100 g/mol. The van der Waals surface area contributed by atoms with Gasteiger partial charge in [-0.2, -0.15) is 0 Å². The second-order valence-corrected chi connectivity index (χ2v) is 19.4. The molecule has 4 atom stereocenters. The number of esters is 1. The molecule has 0 bridgehead atoms. The highest BCUT2D eigenvalue weighted by atomic mass is 127. The van der Waals surface area contributed by atoms with Crippen molar-refractivity contribution in [2.75, 3.05) is 77.7 Å². The molecule has 17 nitrogen and oxygen atoms in total. The van der Waals surface area contributed by atoms with E-state index in [0.29, 0.717) is 10.7 Å². The highest BCUT2D eigenvalue weighted by Crippen LogP contribution is 2.38. The molecule has 0 aromatic heterocycles. The number of amides is 3. The van der Waals surface area contributed by atoms with Crippen LogP contribution < -0.4 is 5.32 Å². The first-order valence-electron chi connectivity index (χ1n) is 19.1. The second kappa shape index (κ2) is 19.5. The van der Waals surface area contributed by atoms with Crippen molar-refractivity contribution in [2.24, 2.45) is 0 Å². The van der Waals surface area contributed by atoms with Crippen molar-refractivity contribution >= 4 is 97.2 Å². The smallest absolute Gasteiger partial charge is 0.332 e. The summed E-state index contributed by atoms with van der Waals surface area (Å²) in [5, 5.41) is 2.86. The third-order valence-electron chi connectivity index (χ3n) is 9.31. The highest BCUT2D eigenvalue weighted by Gasteiger charge is 2.42. The van der Waals surface area contributed by atoms with E-state index in [0.717, 1.165) is 0 Å². The van der Waals surface area contributed by atoms with E-state index < -0.39 is 84.5 Å². The van der Waals surface area contributed by atoms with Crippen LogP contribution in [0.2, 0.25) is 0 Å². The fourth-order valence-electron chi connectivity index (χ4n) is 6.95. The van der Waals surface area contributed by atoms with Gasteiger partial charge in [-0.05, 0) is 130 Å². The topological polar surface area (TPSA) is 179 Å². The van der Waals surface area contributed by atoms with Crippen LogP contribution in [0.3, 0.4) is 0 Å². The van der Waals surface area contributed by atoms with E-state index in [-0.39, 0.29) is 76.0 Å². The van der Waals surface area contributed by atoms with Crippen molar-refractivity contribution in [3.63, 3.8) is 0 Å². The standard InChI is InChI=1S/C38H54I3N3O14/c1-10-50-26(46)20-49-19-25(45)42-32-30(40)27(33(47)43(11-21-15-51-35(2,3)55-21)12-22-16-52-36(4,5)56-22)29(39)28(31(32)41)34(48)44(13-23-17-53-37(6,7)57-23)14-24-18-54-38(8,9)58-24/h21-24H,10-20H2,1-9H3,(H,42,45). The quantitative estimate of drug-likeness (QED) is 0.181. The number of rotatable bonds is 16. The minimum Gasteiger partial charge on any atom is -0.464 e. The Morgan fingerprint density at radius 3 is 1.24 bits per heavy atom. The van der Waals surface area contributed by atoms with Gasteiger partial charge in [0.1, 0.15) is 37.6 Å². The number of nitrogens with one attached hydrogen (secondary N) is 1. The normalized spacial score (nSPS) is 25.4. The molecule has 4 aliphatic rings. The number of nitrogens with zero attached hydrogens (tertiary/aromatic N) is 2. The third-order valence-corrected chi connectivity index (χ3v) is 12.5. The number of hydrogen-bond acceptors (Lipinski definition) is 14. The lowest BCUT2D eigenvalue weighted by Crippen LogP contribution is -2.46. The van der Waals surface area contributed by atoms with Crippen LogP contribution in [0.15, 0.2) is 0 Å². The van der Waals surface area contributed by atoms with Gasteiger partial charge in [-0.15, -0.1) is 0 Å². The van der Waals surface area contributed by atoms with Crippen LogP contribution in [0.1, 0.15) is 83.0 Å². The van der Waals surface area contributed by atoms with Crippen molar-refractivity contribution in [3.05, 3.63) is 21.8 Å². The second-order valence-electron chi connectivity index (χ2n) is 16.1. The number of carbonyl (C=O) groups excluding carboxylic acids is 4. The summed E-state index contributed by atoms with van der Waals surface area (Å²) in [6.45, 7) is 17.0. The van der Waals surface area contributed by atoms with Crippen molar-refractivity contribution in [3.8, 4) is 0 Å². The Morgan fingerprint density at radius 2 is 0.948 bits per heavy atom. The maximum Gasteiger partial charge on any atom is 0.332 e. The molecular formula is C38H54I3N3O14. The van der Waals surface area contributed by atoms with Gasteiger partial charge >= 0.3 is 5.97 Å². The van der Waals surface area contributed by atoms with Crippen molar-refractivity contribution in [2.45, 2.75) is 110 Å². The van der Waals surface area contributed by atoms with E-state index in [1.165, 1.54) is 0 Å². The van der Waals surface area contributed by atoms with Crippen LogP contribution >= 0.6 is 67.8 Å². The molecule has 58 heavy (non-hydrogen) atoms. The van der Waals surface area contributed by atoms with Gasteiger partial charge in [0, 0.05) is 29.7 Å². The van der Waals surface area contributed by atoms with Gasteiger partial charge in [0.25, 0.3) is 11.8 Å². The first-order valence-corrected chi connectivity index (χ1v) is 22.3. The summed E-state index contributed by atoms with van der Waals surface area (Å²) in [7, 11) is 0. The molecule has 326 valence electrons. The zero-order valence-corrected chi connectivity index (χ0v) is 40.8. The zero-order chi connectivity index (χ0) is 42.8. The number of hydrogen-bond donors (Lipinski definition) is 1. The van der Waals surface area contributed by atoms with Crippen molar-refractivity contribution in [1.29, 1.82) is 0 Å². The maximum atomic E-state index is 15.1. The van der Waals surface area contributed by atoms with Gasteiger partial charge < -0.3 is 62.5 Å². The average molecular weight is 1160 g/mol. The minimum absolute atomic E-state index is 0.142. The molecule has 0 spiro atoms. The Balaban J connectivity index is 1.56. The van der Waals surface area contributed by atoms with Crippen LogP contribution in [0.5, 0.6) is 0 Å². The maximum absolute atomic E-state index is 15.1. The van der Waals surface area contributed by atoms with Crippen molar-refractivity contribution in [1.82, 2.24) is 9.80 Å². The van der Waals surface area contributed by atoms with Gasteiger partial charge in [0.05, 0.1) is 57.0 Å². The van der Waals surface area contributed by atoms with Crippen LogP contribution in [0.4, 0.5) is 5.69 Å². The van der Waals surface area contributed by atoms with Crippen LogP contribution in [-0.4, -0.2) is 153 Å². The summed E-state index contributed by atoms with van der Waals surface area (Å²) in [5.41, 5.74) is 0.601. The molecule has 4 unspecified atom stereocenters. The Hall–Kier alpha value is -1.07. The Kier molecular flexibility index (Phi) is 16.2. The van der Waals surface area contributed by atoms with E-state index in [2.05, 4.69) is 5.32 Å². The minimum atomic E-state index is -0.845. The lowest BCUT2D eigenvalue weighted by atomic mass is 10.0. The summed E-state index contributed by atoms with van der Waals surface area (Å²) in [5.74, 6) is -5.46. The molecule has 5 rings (SSSR count). The predicted molar refractivity (Wildman–Crippen MR) is 232 cm³/mol. The number of ether oxygens (including phenoxy) is 10. The number of carbonyl (C=O) groups is 4. The first kappa shape index (κ1) is 48.0. The van der Waals surface area contributed by atoms with Gasteiger partial charge in [0.15, 0.2) is 23.1 Å². The number of benzene rings is 1. The largest absolute Gasteiger partial charge is 0.464 e. The Morgan fingerprint density at radius 1 is 0.603 bits per heavy atom. The Labute approximate surface area is 380 Å². The van der Waals surface area contributed by atoms with Gasteiger partial charge in [0.2, 0.25) is 5.91 Å². The van der Waals surface area contributed by atoms with Crippen molar-refractivity contribution < 1.29 is 66.5 Å². The average Bonchev–Trinajstić information content (AvgIpc) is 3.86. The van der Waals surface area contributed by atoms with Gasteiger partial charge in [-0.3, -0.25) is 14.4 Å². The lowest BCUT2D eigenvalue weighted by Gasteiger charge is -2.31.